The number of hydrogen-bond donors (Lipinski definition) is 2. The summed E-state index contributed by atoms with van der Waals surface area (Å²) in [6.07, 6.45) is 5.46. The van der Waals surface area contributed by atoms with Gasteiger partial charge >= 0.3 is 6.09 Å². The maximum absolute atomic E-state index is 14.3. The number of aromatic nitrogens is 1. The molecule has 2 fully saturated rings. The highest BCUT2D eigenvalue weighted by molar-refractivity contribution is 7.10. The van der Waals surface area contributed by atoms with Gasteiger partial charge in [0.2, 0.25) is 17.6 Å². The van der Waals surface area contributed by atoms with E-state index in [4.69, 9.17) is 28.7 Å². The van der Waals surface area contributed by atoms with Crippen molar-refractivity contribution < 1.29 is 52.4 Å². The van der Waals surface area contributed by atoms with Crippen molar-refractivity contribution in [3.63, 3.8) is 0 Å². The summed E-state index contributed by atoms with van der Waals surface area (Å²) >= 11 is 1.35. The van der Waals surface area contributed by atoms with Crippen LogP contribution in [0.1, 0.15) is 99.7 Å². The standard InChI is InChI=1S/C39H56N4O11S/c1-27(40-38(48)54-39(2,3)4)35(46)42-33(28-10-6-5-7-11-28)37(47)43-15-9-14-32(43)36-41-31(25-55-36)34(45)29-12-8-13-30(24-29)53-23-22-51-19-18-49-16-17-50-20-21-52-26-44/h8,12-13,24-28,32-33H,5-7,9-11,14-23H2,1-4H3,(H,40,48)(H,42,46)/t27-,32-,33-/m0/s1. The van der Waals surface area contributed by atoms with Crippen LogP contribution in [0.5, 0.6) is 5.75 Å². The van der Waals surface area contributed by atoms with Crippen LogP contribution in [0.3, 0.4) is 0 Å². The predicted octanol–water partition coefficient (Wildman–Crippen LogP) is 4.62. The number of carbonyl (C=O) groups is 5. The molecule has 0 bridgehead atoms. The number of hydrogen-bond acceptors (Lipinski definition) is 13. The van der Waals surface area contributed by atoms with E-state index in [2.05, 4.69) is 15.4 Å². The summed E-state index contributed by atoms with van der Waals surface area (Å²) in [4.78, 5) is 70.1. The minimum atomic E-state index is -0.904. The first-order valence-corrected chi connectivity index (χ1v) is 20.0. The number of carbonyl (C=O) groups excluding carboxylic acids is 5. The van der Waals surface area contributed by atoms with Crippen LogP contribution < -0.4 is 15.4 Å². The fourth-order valence-corrected chi connectivity index (χ4v) is 7.42. The summed E-state index contributed by atoms with van der Waals surface area (Å²) in [7, 11) is 0. The summed E-state index contributed by atoms with van der Waals surface area (Å²) in [5.41, 5.74) is 0.00282. The second-order valence-electron chi connectivity index (χ2n) is 14.5. The van der Waals surface area contributed by atoms with Gasteiger partial charge in [-0.3, -0.25) is 19.2 Å². The van der Waals surface area contributed by atoms with E-state index in [-0.39, 0.29) is 36.9 Å². The number of nitrogens with one attached hydrogen (secondary N) is 2. The van der Waals surface area contributed by atoms with Crippen molar-refractivity contribution in [3.05, 3.63) is 45.9 Å². The lowest BCUT2D eigenvalue weighted by Gasteiger charge is -2.35. The zero-order valence-electron chi connectivity index (χ0n) is 32.4. The van der Waals surface area contributed by atoms with Crippen molar-refractivity contribution in [2.75, 3.05) is 59.4 Å². The molecule has 4 rings (SSSR count). The third-order valence-corrected chi connectivity index (χ3v) is 10.1. The third kappa shape index (κ3) is 14.5. The molecule has 3 atom stereocenters. The summed E-state index contributed by atoms with van der Waals surface area (Å²) in [5.74, 6) is -0.370. The Labute approximate surface area is 327 Å². The van der Waals surface area contributed by atoms with E-state index in [9.17, 15) is 24.0 Å². The second kappa shape index (κ2) is 22.4. The summed E-state index contributed by atoms with van der Waals surface area (Å²) < 4.78 is 31.9. The van der Waals surface area contributed by atoms with Crippen LogP contribution in [-0.2, 0) is 38.1 Å². The molecule has 1 aromatic heterocycles. The fraction of sp³-hybridized carbons (Fsp3) is 0.641. The van der Waals surface area contributed by atoms with Gasteiger partial charge < -0.3 is 44.0 Å². The molecule has 2 heterocycles. The number of ether oxygens (including phenoxy) is 6. The van der Waals surface area contributed by atoms with Gasteiger partial charge in [0.05, 0.1) is 45.7 Å². The lowest BCUT2D eigenvalue weighted by molar-refractivity contribution is -0.139. The van der Waals surface area contributed by atoms with E-state index in [0.29, 0.717) is 81.1 Å². The largest absolute Gasteiger partial charge is 0.491 e. The Hall–Kier alpha value is -4.12. The van der Waals surface area contributed by atoms with Gasteiger partial charge in [0.25, 0.3) is 6.47 Å². The van der Waals surface area contributed by atoms with E-state index in [1.807, 2.05) is 0 Å². The molecule has 304 valence electrons. The number of ketones is 1. The van der Waals surface area contributed by atoms with Crippen molar-refractivity contribution in [2.45, 2.75) is 96.4 Å². The van der Waals surface area contributed by atoms with Crippen LogP contribution in [0, 0.1) is 5.92 Å². The fourth-order valence-electron chi connectivity index (χ4n) is 6.48. The molecular weight excluding hydrogens is 733 g/mol. The molecule has 0 unspecified atom stereocenters. The molecule has 2 aromatic rings. The maximum atomic E-state index is 14.3. The van der Waals surface area contributed by atoms with Crippen molar-refractivity contribution in [1.82, 2.24) is 20.5 Å². The number of alkyl carbamates (subject to hydrolysis) is 1. The topological polar surface area (TPSA) is 181 Å². The Morgan fingerprint density at radius 3 is 2.25 bits per heavy atom. The van der Waals surface area contributed by atoms with Crippen LogP contribution in [0.4, 0.5) is 4.79 Å². The Balaban J connectivity index is 1.29. The first kappa shape index (κ1) is 43.6. The molecule has 0 spiro atoms. The number of rotatable bonds is 22. The summed E-state index contributed by atoms with van der Waals surface area (Å²) in [6.45, 7) is 10.4. The maximum Gasteiger partial charge on any atom is 0.408 e. The average Bonchev–Trinajstić information content (AvgIpc) is 3.85. The van der Waals surface area contributed by atoms with Crippen molar-refractivity contribution >= 4 is 41.5 Å². The van der Waals surface area contributed by atoms with Crippen molar-refractivity contribution in [1.29, 1.82) is 0 Å². The minimum absolute atomic E-state index is 0.0257. The molecule has 1 aliphatic carbocycles. The molecule has 2 aliphatic rings. The van der Waals surface area contributed by atoms with Crippen LogP contribution >= 0.6 is 11.3 Å². The molecule has 1 aromatic carbocycles. The Kier molecular flexibility index (Phi) is 17.8. The minimum Gasteiger partial charge on any atom is -0.491 e. The van der Waals surface area contributed by atoms with Crippen LogP contribution in [0.25, 0.3) is 0 Å². The molecule has 1 saturated carbocycles. The first-order chi connectivity index (χ1) is 26.5. The van der Waals surface area contributed by atoms with Crippen LogP contribution in [0.15, 0.2) is 29.6 Å². The quantitative estimate of drug-likeness (QED) is 0.0962. The smallest absolute Gasteiger partial charge is 0.408 e. The number of thiazole rings is 1. The number of nitrogens with zero attached hydrogens (tertiary/aromatic N) is 2. The van der Waals surface area contributed by atoms with Crippen molar-refractivity contribution in [3.8, 4) is 5.75 Å². The van der Waals surface area contributed by atoms with Gasteiger partial charge in [-0.15, -0.1) is 11.3 Å². The highest BCUT2D eigenvalue weighted by atomic mass is 32.1. The summed E-state index contributed by atoms with van der Waals surface area (Å²) in [6, 6.07) is 4.93. The molecule has 15 nitrogen and oxygen atoms in total. The number of benzene rings is 1. The molecule has 2 N–H and O–H groups in total. The Bertz CT molecular complexity index is 1540. The normalized spacial score (nSPS) is 17.2. The monoisotopic (exact) mass is 788 g/mol. The molecule has 0 radical (unpaired) electrons. The van der Waals surface area contributed by atoms with Crippen LogP contribution in [-0.4, -0.2) is 117 Å². The molecule has 3 amide bonds. The highest BCUT2D eigenvalue weighted by Crippen LogP contribution is 2.36. The van der Waals surface area contributed by atoms with Crippen LogP contribution in [0.2, 0.25) is 0 Å². The lowest BCUT2D eigenvalue weighted by Crippen LogP contribution is -2.56. The number of amides is 3. The zero-order valence-corrected chi connectivity index (χ0v) is 33.2. The molecule has 1 aliphatic heterocycles. The van der Waals surface area contributed by atoms with Gasteiger partial charge in [0.1, 0.15) is 47.3 Å². The van der Waals surface area contributed by atoms with E-state index in [1.54, 1.807) is 62.2 Å². The average molecular weight is 789 g/mol. The Morgan fingerprint density at radius 2 is 1.58 bits per heavy atom. The van der Waals surface area contributed by atoms with Gasteiger partial charge in [-0.1, -0.05) is 31.4 Å². The van der Waals surface area contributed by atoms with Gasteiger partial charge in [-0.2, -0.15) is 0 Å². The van der Waals surface area contributed by atoms with E-state index >= 15 is 0 Å². The van der Waals surface area contributed by atoms with Gasteiger partial charge in [0, 0.05) is 17.5 Å². The van der Waals surface area contributed by atoms with Gasteiger partial charge in [-0.25, -0.2) is 9.78 Å². The zero-order chi connectivity index (χ0) is 39.6. The molecule has 16 heteroatoms. The number of likely N-dealkylation sites (tertiary alicyclic amines) is 1. The molecule has 1 saturated heterocycles. The SMILES string of the molecule is C[C@H](NC(=O)OC(C)(C)C)C(=O)N[C@H](C(=O)N1CCC[C@H]1c1nc(C(=O)c2cccc(OCCOCCOCCOCCOC=O)c2)cs1)C1CCCCC1. The van der Waals surface area contributed by atoms with E-state index in [0.717, 1.165) is 38.5 Å². The van der Waals surface area contributed by atoms with E-state index in [1.165, 1.54) is 11.3 Å². The van der Waals surface area contributed by atoms with Gasteiger partial charge in [-0.05, 0) is 71.4 Å². The van der Waals surface area contributed by atoms with Gasteiger partial charge in [0.15, 0.2) is 0 Å². The summed E-state index contributed by atoms with van der Waals surface area (Å²) in [5, 5.41) is 7.96. The Morgan fingerprint density at radius 1 is 0.909 bits per heavy atom. The van der Waals surface area contributed by atoms with Crippen molar-refractivity contribution in [2.24, 2.45) is 5.92 Å². The predicted molar refractivity (Wildman–Crippen MR) is 203 cm³/mol. The molecule has 55 heavy (non-hydrogen) atoms. The lowest BCUT2D eigenvalue weighted by atomic mass is 9.83. The van der Waals surface area contributed by atoms with E-state index < -0.39 is 29.7 Å². The first-order valence-electron chi connectivity index (χ1n) is 19.1. The second-order valence-corrected chi connectivity index (χ2v) is 15.4. The molecular formula is C39H56N4O11S. The third-order valence-electron chi connectivity index (χ3n) is 9.14. The highest BCUT2D eigenvalue weighted by Gasteiger charge is 2.40.